The lowest BCUT2D eigenvalue weighted by Gasteiger charge is -1.91. The summed E-state index contributed by atoms with van der Waals surface area (Å²) in [4.78, 5) is 10.5. The fourth-order valence-electron chi connectivity index (χ4n) is 1.44. The monoisotopic (exact) mass is 329 g/mol. The SMILES string of the molecule is O=S(=O)(O)c1ccc(/C=C/C(=[OH+])c2ccc(Cl)cc2)s1. The van der Waals surface area contributed by atoms with Gasteiger partial charge in [0.1, 0.15) is 4.21 Å². The standard InChI is InChI=1S/C13H9ClO4S2/c14-10-3-1-9(2-4-10)12(15)7-5-11-6-8-13(19-11)20(16,17)18/h1-8H,(H,16,17,18)/p+1/b7-5+. The van der Waals surface area contributed by atoms with Crippen LogP contribution < -0.4 is 0 Å². The van der Waals surface area contributed by atoms with Crippen molar-refractivity contribution in [3.63, 3.8) is 0 Å². The smallest absolute Gasteiger partial charge is 0.281 e. The predicted octanol–water partition coefficient (Wildman–Crippen LogP) is 3.25. The van der Waals surface area contributed by atoms with Crippen LogP contribution in [0.1, 0.15) is 10.4 Å². The number of hydrogen-bond acceptors (Lipinski definition) is 3. The molecule has 1 aromatic heterocycles. The van der Waals surface area contributed by atoms with E-state index in [1.54, 1.807) is 36.4 Å². The number of rotatable bonds is 4. The number of benzene rings is 1. The van der Waals surface area contributed by atoms with Gasteiger partial charge in [0.15, 0.2) is 0 Å². The third kappa shape index (κ3) is 3.77. The van der Waals surface area contributed by atoms with Gasteiger partial charge >= 0.3 is 15.9 Å². The zero-order chi connectivity index (χ0) is 14.8. The van der Waals surface area contributed by atoms with Crippen molar-refractivity contribution in [1.29, 1.82) is 0 Å². The van der Waals surface area contributed by atoms with E-state index in [1.807, 2.05) is 0 Å². The lowest BCUT2D eigenvalue weighted by Crippen LogP contribution is -1.94. The maximum atomic E-state index is 10.9. The highest BCUT2D eigenvalue weighted by Crippen LogP contribution is 2.22. The third-order valence-electron chi connectivity index (χ3n) is 2.40. The molecule has 2 aromatic rings. The molecule has 0 saturated heterocycles. The molecule has 0 unspecified atom stereocenters. The highest BCUT2D eigenvalue weighted by molar-refractivity contribution is 7.88. The summed E-state index contributed by atoms with van der Waals surface area (Å²) in [5.74, 6) is 0.0310. The molecule has 2 N–H and O–H groups in total. The summed E-state index contributed by atoms with van der Waals surface area (Å²) in [5, 5.41) is 0.571. The topological polar surface area (TPSA) is 75.8 Å². The number of carbonyl (C=O) groups excluding carboxylic acids is 1. The predicted molar refractivity (Wildman–Crippen MR) is 80.7 cm³/mol. The molecule has 0 aliphatic heterocycles. The van der Waals surface area contributed by atoms with Crippen LogP contribution in [-0.4, -0.2) is 23.5 Å². The Hall–Kier alpha value is -1.47. The summed E-state index contributed by atoms with van der Waals surface area (Å²) in [6.07, 6.45) is 3.01. The summed E-state index contributed by atoms with van der Waals surface area (Å²) in [7, 11) is -4.18. The molecule has 2 rings (SSSR count). The molecule has 20 heavy (non-hydrogen) atoms. The van der Waals surface area contributed by atoms with Gasteiger partial charge in [-0.15, -0.1) is 11.3 Å². The molecule has 0 fully saturated rings. The van der Waals surface area contributed by atoms with E-state index in [4.69, 9.17) is 16.2 Å². The van der Waals surface area contributed by atoms with Crippen LogP contribution in [0, 0.1) is 0 Å². The van der Waals surface area contributed by atoms with Gasteiger partial charge in [-0.25, -0.2) is 0 Å². The average molecular weight is 330 g/mol. The van der Waals surface area contributed by atoms with Gasteiger partial charge in [0.2, 0.25) is 0 Å². The first-order valence-corrected chi connectivity index (χ1v) is 8.07. The Morgan fingerprint density at radius 3 is 2.40 bits per heavy atom. The van der Waals surface area contributed by atoms with Crippen LogP contribution in [-0.2, 0) is 10.1 Å². The Morgan fingerprint density at radius 2 is 1.85 bits per heavy atom. The van der Waals surface area contributed by atoms with Gasteiger partial charge in [-0.05, 0) is 42.5 Å². The third-order valence-corrected chi connectivity index (χ3v) is 5.03. The van der Waals surface area contributed by atoms with Crippen LogP contribution >= 0.6 is 22.9 Å². The van der Waals surface area contributed by atoms with Gasteiger partial charge < -0.3 is 0 Å². The Kier molecular flexibility index (Phi) is 4.39. The van der Waals surface area contributed by atoms with Crippen molar-refractivity contribution in [2.24, 2.45) is 0 Å². The van der Waals surface area contributed by atoms with Gasteiger partial charge in [0.25, 0.3) is 0 Å². The Labute approximate surface area is 125 Å². The Bertz CT molecular complexity index is 758. The van der Waals surface area contributed by atoms with Crippen LogP contribution in [0.3, 0.4) is 0 Å². The summed E-state index contributed by atoms with van der Waals surface area (Å²) in [6.45, 7) is 0. The number of ketones is 1. The van der Waals surface area contributed by atoms with Crippen molar-refractivity contribution in [3.05, 3.63) is 57.9 Å². The van der Waals surface area contributed by atoms with Crippen molar-refractivity contribution >= 4 is 44.9 Å². The van der Waals surface area contributed by atoms with Crippen molar-refractivity contribution in [2.45, 2.75) is 4.21 Å². The highest BCUT2D eigenvalue weighted by Gasteiger charge is 2.12. The van der Waals surface area contributed by atoms with Crippen LogP contribution in [0.25, 0.3) is 6.08 Å². The maximum Gasteiger partial charge on any atom is 0.347 e. The molecule has 0 aliphatic rings. The highest BCUT2D eigenvalue weighted by atomic mass is 35.5. The normalized spacial score (nSPS) is 11.9. The van der Waals surface area contributed by atoms with Gasteiger partial charge in [-0.3, -0.25) is 9.35 Å². The number of allylic oxidation sites excluding steroid dienone is 1. The van der Waals surface area contributed by atoms with Crippen LogP contribution in [0.4, 0.5) is 0 Å². The molecule has 0 bridgehead atoms. The molecular formula is C13H10ClO4S2+. The quantitative estimate of drug-likeness (QED) is 0.405. The van der Waals surface area contributed by atoms with E-state index < -0.39 is 10.1 Å². The molecule has 0 atom stereocenters. The Balaban J connectivity index is 2.15. The number of hydrogen-bond donors (Lipinski definition) is 1. The second-order valence-corrected chi connectivity index (χ2v) is 7.06. The van der Waals surface area contributed by atoms with Gasteiger partial charge in [-0.1, -0.05) is 11.6 Å². The molecule has 0 aliphatic carbocycles. The lowest BCUT2D eigenvalue weighted by atomic mass is 10.1. The first-order chi connectivity index (χ1) is 9.36. The van der Waals surface area contributed by atoms with Crippen molar-refractivity contribution in [3.8, 4) is 0 Å². The van der Waals surface area contributed by atoms with Crippen molar-refractivity contribution < 1.29 is 17.8 Å². The van der Waals surface area contributed by atoms with E-state index >= 15 is 0 Å². The maximum absolute atomic E-state index is 10.9. The summed E-state index contributed by atoms with van der Waals surface area (Å²) in [5.41, 5.74) is 0.595. The van der Waals surface area contributed by atoms with E-state index in [1.165, 1.54) is 12.1 Å². The largest absolute Gasteiger partial charge is 0.347 e. The van der Waals surface area contributed by atoms with Crippen LogP contribution in [0.15, 0.2) is 46.7 Å². The van der Waals surface area contributed by atoms with Gasteiger partial charge in [0.05, 0.1) is 5.56 Å². The zero-order valence-corrected chi connectivity index (χ0v) is 12.4. The van der Waals surface area contributed by atoms with E-state index in [0.29, 0.717) is 15.5 Å². The molecule has 1 heterocycles. The minimum atomic E-state index is -4.18. The Morgan fingerprint density at radius 1 is 1.20 bits per heavy atom. The first-order valence-electron chi connectivity index (χ1n) is 5.43. The number of thiophene rings is 1. The minimum Gasteiger partial charge on any atom is -0.281 e. The molecule has 0 spiro atoms. The van der Waals surface area contributed by atoms with Gasteiger partial charge in [-0.2, -0.15) is 8.42 Å². The molecule has 0 radical (unpaired) electrons. The fourth-order valence-corrected chi connectivity index (χ4v) is 3.16. The van der Waals surface area contributed by atoms with Crippen LogP contribution in [0.5, 0.6) is 0 Å². The van der Waals surface area contributed by atoms with Crippen LogP contribution in [0.2, 0.25) is 5.02 Å². The second-order valence-electron chi connectivity index (χ2n) is 3.86. The second kappa shape index (κ2) is 5.88. The molecule has 1 aromatic carbocycles. The fraction of sp³-hybridized carbons (Fsp3) is 0. The number of halogens is 1. The summed E-state index contributed by atoms with van der Waals surface area (Å²) in [6, 6.07) is 9.49. The van der Waals surface area contributed by atoms with Crippen molar-refractivity contribution in [1.82, 2.24) is 0 Å². The molecule has 4 nitrogen and oxygen atoms in total. The summed E-state index contributed by atoms with van der Waals surface area (Å²) >= 11 is 6.66. The van der Waals surface area contributed by atoms with E-state index in [-0.39, 0.29) is 9.99 Å². The first kappa shape index (κ1) is 14.9. The molecule has 104 valence electrons. The average Bonchev–Trinajstić information content (AvgIpc) is 2.85. The van der Waals surface area contributed by atoms with E-state index in [0.717, 1.165) is 11.3 Å². The molecule has 7 heteroatoms. The minimum absolute atomic E-state index is 0.0310. The molecule has 0 saturated carbocycles. The zero-order valence-electron chi connectivity index (χ0n) is 10.0. The summed E-state index contributed by atoms with van der Waals surface area (Å²) < 4.78 is 30.6. The van der Waals surface area contributed by atoms with E-state index in [2.05, 4.69) is 0 Å². The van der Waals surface area contributed by atoms with Gasteiger partial charge in [0, 0.05) is 16.0 Å². The molecular weight excluding hydrogens is 320 g/mol. The van der Waals surface area contributed by atoms with E-state index in [9.17, 15) is 13.2 Å². The lowest BCUT2D eigenvalue weighted by molar-refractivity contribution is 0.485. The van der Waals surface area contributed by atoms with Crippen molar-refractivity contribution in [2.75, 3.05) is 0 Å². The molecule has 0 amide bonds.